The molecular formula is C17H31IN4O. The van der Waals surface area contributed by atoms with E-state index in [2.05, 4.69) is 34.6 Å². The Morgan fingerprint density at radius 1 is 1.30 bits per heavy atom. The molecule has 0 radical (unpaired) electrons. The van der Waals surface area contributed by atoms with Crippen molar-refractivity contribution in [2.75, 3.05) is 13.1 Å². The van der Waals surface area contributed by atoms with Crippen LogP contribution in [-0.4, -0.2) is 24.2 Å². The number of aliphatic imine (C=N–C) groups is 1. The lowest BCUT2D eigenvalue weighted by Gasteiger charge is -2.27. The molecule has 0 amide bonds. The van der Waals surface area contributed by atoms with Crippen LogP contribution in [0.3, 0.4) is 0 Å². The van der Waals surface area contributed by atoms with Gasteiger partial charge in [-0.1, -0.05) is 24.9 Å². The maximum atomic E-state index is 5.19. The Morgan fingerprint density at radius 3 is 2.70 bits per heavy atom. The predicted octanol–water partition coefficient (Wildman–Crippen LogP) is 3.79. The predicted molar refractivity (Wildman–Crippen MR) is 105 cm³/mol. The summed E-state index contributed by atoms with van der Waals surface area (Å²) in [7, 11) is 0. The number of guanidine groups is 1. The largest absolute Gasteiger partial charge is 0.361 e. The molecule has 1 heterocycles. The van der Waals surface area contributed by atoms with Crippen molar-refractivity contribution in [1.29, 1.82) is 0 Å². The molecule has 1 saturated carbocycles. The molecule has 2 unspecified atom stereocenters. The normalized spacial score (nSPS) is 21.7. The van der Waals surface area contributed by atoms with Gasteiger partial charge in [-0.15, -0.1) is 24.0 Å². The Labute approximate surface area is 157 Å². The highest BCUT2D eigenvalue weighted by atomic mass is 127. The van der Waals surface area contributed by atoms with Gasteiger partial charge in [0.2, 0.25) is 0 Å². The lowest BCUT2D eigenvalue weighted by atomic mass is 9.82. The van der Waals surface area contributed by atoms with Crippen LogP contribution in [0.1, 0.15) is 56.5 Å². The van der Waals surface area contributed by atoms with Gasteiger partial charge in [0, 0.05) is 18.7 Å². The van der Waals surface area contributed by atoms with E-state index in [1.54, 1.807) is 0 Å². The molecule has 1 aliphatic carbocycles. The Bertz CT molecular complexity index is 481. The van der Waals surface area contributed by atoms with Crippen molar-refractivity contribution in [2.45, 2.75) is 59.9 Å². The minimum absolute atomic E-state index is 0. The molecular weight excluding hydrogens is 403 g/mol. The lowest BCUT2D eigenvalue weighted by Crippen LogP contribution is -2.40. The number of hydrogen-bond acceptors (Lipinski definition) is 3. The zero-order valence-electron chi connectivity index (χ0n) is 14.8. The fraction of sp³-hybridized carbons (Fsp3) is 0.765. The molecule has 132 valence electrons. The van der Waals surface area contributed by atoms with Crippen molar-refractivity contribution in [3.63, 3.8) is 0 Å². The Kier molecular flexibility index (Phi) is 8.94. The molecule has 0 spiro atoms. The van der Waals surface area contributed by atoms with Crippen LogP contribution in [0.25, 0.3) is 0 Å². The SMILES string of the molecule is CCNC(=NCc1c(C)noc1C)NCC1CCCC(C)C1.I. The molecule has 2 rings (SSSR count). The zero-order chi connectivity index (χ0) is 15.9. The van der Waals surface area contributed by atoms with Crippen molar-refractivity contribution < 1.29 is 4.52 Å². The van der Waals surface area contributed by atoms with Crippen LogP contribution < -0.4 is 10.6 Å². The first kappa shape index (κ1) is 20.3. The van der Waals surface area contributed by atoms with Crippen LogP contribution in [0.15, 0.2) is 9.52 Å². The Balaban J connectivity index is 0.00000264. The number of aryl methyl sites for hydroxylation is 2. The second-order valence-corrected chi connectivity index (χ2v) is 6.52. The van der Waals surface area contributed by atoms with Gasteiger partial charge in [0.05, 0.1) is 12.2 Å². The van der Waals surface area contributed by atoms with Gasteiger partial charge in [0.15, 0.2) is 5.96 Å². The Morgan fingerprint density at radius 2 is 2.09 bits per heavy atom. The summed E-state index contributed by atoms with van der Waals surface area (Å²) in [5, 5.41) is 10.8. The maximum absolute atomic E-state index is 5.19. The van der Waals surface area contributed by atoms with E-state index < -0.39 is 0 Å². The van der Waals surface area contributed by atoms with Gasteiger partial charge in [-0.3, -0.25) is 0 Å². The second kappa shape index (κ2) is 10.2. The fourth-order valence-electron chi connectivity index (χ4n) is 3.21. The summed E-state index contributed by atoms with van der Waals surface area (Å²) >= 11 is 0. The summed E-state index contributed by atoms with van der Waals surface area (Å²) in [4.78, 5) is 4.68. The van der Waals surface area contributed by atoms with Gasteiger partial charge in [-0.2, -0.15) is 0 Å². The van der Waals surface area contributed by atoms with E-state index in [1.165, 1.54) is 25.7 Å². The number of aromatic nitrogens is 1. The number of nitrogens with zero attached hydrogens (tertiary/aromatic N) is 2. The number of nitrogens with one attached hydrogen (secondary N) is 2. The van der Waals surface area contributed by atoms with E-state index in [0.29, 0.717) is 6.54 Å². The van der Waals surface area contributed by atoms with Gasteiger partial charge >= 0.3 is 0 Å². The first-order valence-electron chi connectivity index (χ1n) is 8.54. The fourth-order valence-corrected chi connectivity index (χ4v) is 3.21. The van der Waals surface area contributed by atoms with E-state index in [0.717, 1.165) is 47.9 Å². The van der Waals surface area contributed by atoms with E-state index >= 15 is 0 Å². The van der Waals surface area contributed by atoms with Crippen molar-refractivity contribution >= 4 is 29.9 Å². The third-order valence-electron chi connectivity index (χ3n) is 4.52. The standard InChI is InChI=1S/C17H30N4O.HI/c1-5-18-17(19-10-15-8-6-7-12(2)9-15)20-11-16-13(3)21-22-14(16)4;/h12,15H,5-11H2,1-4H3,(H2,18,19,20);1H. The molecule has 0 bridgehead atoms. The lowest BCUT2D eigenvalue weighted by molar-refractivity contribution is 0.282. The van der Waals surface area contributed by atoms with Gasteiger partial charge in [0.25, 0.3) is 0 Å². The maximum Gasteiger partial charge on any atom is 0.191 e. The van der Waals surface area contributed by atoms with Crippen LogP contribution in [0.4, 0.5) is 0 Å². The summed E-state index contributed by atoms with van der Waals surface area (Å²) in [6.45, 7) is 10.8. The van der Waals surface area contributed by atoms with E-state index in [1.807, 2.05) is 13.8 Å². The summed E-state index contributed by atoms with van der Waals surface area (Å²) in [5.74, 6) is 3.38. The average Bonchev–Trinajstić information content (AvgIpc) is 2.81. The third-order valence-corrected chi connectivity index (χ3v) is 4.52. The molecule has 0 saturated heterocycles. The highest BCUT2D eigenvalue weighted by molar-refractivity contribution is 14.0. The molecule has 1 aliphatic rings. The highest BCUT2D eigenvalue weighted by Crippen LogP contribution is 2.27. The average molecular weight is 434 g/mol. The van der Waals surface area contributed by atoms with Crippen LogP contribution in [0.5, 0.6) is 0 Å². The molecule has 1 aromatic heterocycles. The Hall–Kier alpha value is -0.790. The monoisotopic (exact) mass is 434 g/mol. The second-order valence-electron chi connectivity index (χ2n) is 6.52. The topological polar surface area (TPSA) is 62.5 Å². The number of rotatable bonds is 5. The first-order chi connectivity index (χ1) is 10.6. The summed E-state index contributed by atoms with van der Waals surface area (Å²) in [6.07, 6.45) is 5.41. The molecule has 0 aromatic carbocycles. The highest BCUT2D eigenvalue weighted by Gasteiger charge is 2.19. The number of hydrogen-bond donors (Lipinski definition) is 2. The molecule has 6 heteroatoms. The smallest absolute Gasteiger partial charge is 0.191 e. The molecule has 23 heavy (non-hydrogen) atoms. The molecule has 1 aromatic rings. The van der Waals surface area contributed by atoms with Crippen LogP contribution in [0.2, 0.25) is 0 Å². The van der Waals surface area contributed by atoms with E-state index in [9.17, 15) is 0 Å². The quantitative estimate of drug-likeness (QED) is 0.421. The van der Waals surface area contributed by atoms with Gasteiger partial charge in [-0.05, 0) is 45.4 Å². The third kappa shape index (κ3) is 6.31. The first-order valence-corrected chi connectivity index (χ1v) is 8.54. The molecule has 1 fully saturated rings. The van der Waals surface area contributed by atoms with Crippen LogP contribution in [0, 0.1) is 25.7 Å². The van der Waals surface area contributed by atoms with E-state index in [4.69, 9.17) is 4.52 Å². The molecule has 2 atom stereocenters. The van der Waals surface area contributed by atoms with Crippen LogP contribution >= 0.6 is 24.0 Å². The van der Waals surface area contributed by atoms with Gasteiger partial charge < -0.3 is 15.2 Å². The van der Waals surface area contributed by atoms with Crippen LogP contribution in [-0.2, 0) is 6.54 Å². The summed E-state index contributed by atoms with van der Waals surface area (Å²) in [5.41, 5.74) is 2.02. The van der Waals surface area contributed by atoms with E-state index in [-0.39, 0.29) is 24.0 Å². The van der Waals surface area contributed by atoms with Crippen molar-refractivity contribution in [2.24, 2.45) is 16.8 Å². The summed E-state index contributed by atoms with van der Waals surface area (Å²) in [6, 6.07) is 0. The molecule has 5 nitrogen and oxygen atoms in total. The van der Waals surface area contributed by atoms with Crippen molar-refractivity contribution in [3.8, 4) is 0 Å². The van der Waals surface area contributed by atoms with Gasteiger partial charge in [0.1, 0.15) is 5.76 Å². The van der Waals surface area contributed by atoms with Gasteiger partial charge in [-0.25, -0.2) is 4.99 Å². The minimum atomic E-state index is 0. The minimum Gasteiger partial charge on any atom is -0.361 e. The molecule has 0 aliphatic heterocycles. The van der Waals surface area contributed by atoms with Crippen molar-refractivity contribution in [1.82, 2.24) is 15.8 Å². The van der Waals surface area contributed by atoms with Crippen molar-refractivity contribution in [3.05, 3.63) is 17.0 Å². The summed E-state index contributed by atoms with van der Waals surface area (Å²) < 4.78 is 5.19. The molecule has 2 N–H and O–H groups in total. The zero-order valence-corrected chi connectivity index (χ0v) is 17.1. The number of halogens is 1.